The molecule has 174 valence electrons. The van der Waals surface area contributed by atoms with Crippen molar-refractivity contribution < 1.29 is 19.4 Å². The molecular weight excluding hydrogens is 487 g/mol. The molecule has 1 aliphatic rings. The summed E-state index contributed by atoms with van der Waals surface area (Å²) in [5.41, 5.74) is 0.893. The number of aliphatic hydroxyl groups excluding tert-OH is 1. The van der Waals surface area contributed by atoms with Gasteiger partial charge in [-0.25, -0.2) is 0 Å². The quantitative estimate of drug-likeness (QED) is 0.204. The molecule has 0 saturated carbocycles. The van der Waals surface area contributed by atoms with Crippen molar-refractivity contribution in [2.75, 3.05) is 12.0 Å². The third-order valence-electron chi connectivity index (χ3n) is 5.91. The summed E-state index contributed by atoms with van der Waals surface area (Å²) in [6, 6.07) is 20.1. The minimum atomic E-state index is -0.996. The van der Waals surface area contributed by atoms with Gasteiger partial charge in [0.15, 0.2) is 0 Å². The molecule has 0 bridgehead atoms. The predicted octanol–water partition coefficient (Wildman–Crippen LogP) is 6.18. The lowest BCUT2D eigenvalue weighted by molar-refractivity contribution is -0.132. The Hall–Kier alpha value is -3.87. The van der Waals surface area contributed by atoms with Crippen LogP contribution < -0.4 is 9.64 Å². The number of aliphatic hydroxyl groups is 1. The molecule has 1 unspecified atom stereocenters. The van der Waals surface area contributed by atoms with Crippen LogP contribution in [-0.2, 0) is 9.59 Å². The van der Waals surface area contributed by atoms with E-state index in [0.717, 1.165) is 10.8 Å². The van der Waals surface area contributed by atoms with Crippen LogP contribution in [0.25, 0.3) is 16.5 Å². The number of halogens is 2. The first kappa shape index (κ1) is 22.9. The number of amides is 1. The lowest BCUT2D eigenvalue weighted by Crippen LogP contribution is -2.30. The van der Waals surface area contributed by atoms with Crippen LogP contribution in [0, 0.1) is 0 Å². The minimum absolute atomic E-state index is 0.0989. The van der Waals surface area contributed by atoms with E-state index < -0.39 is 23.5 Å². The van der Waals surface area contributed by atoms with Crippen LogP contribution in [0.1, 0.15) is 17.3 Å². The number of pyridine rings is 1. The number of nitrogens with zero attached hydrogens (tertiary/aromatic N) is 2. The van der Waals surface area contributed by atoms with Gasteiger partial charge in [0.25, 0.3) is 11.7 Å². The van der Waals surface area contributed by atoms with Gasteiger partial charge in [0.05, 0.1) is 34.7 Å². The molecule has 0 spiro atoms. The molecule has 35 heavy (non-hydrogen) atoms. The van der Waals surface area contributed by atoms with Gasteiger partial charge in [0, 0.05) is 16.6 Å². The lowest BCUT2D eigenvalue weighted by Gasteiger charge is -2.26. The molecule has 0 aliphatic carbocycles. The van der Waals surface area contributed by atoms with Crippen molar-refractivity contribution in [2.45, 2.75) is 6.04 Å². The Kier molecular flexibility index (Phi) is 5.93. The average Bonchev–Trinajstić information content (AvgIpc) is 3.13. The average molecular weight is 505 g/mol. The third kappa shape index (κ3) is 3.81. The second-order valence-electron chi connectivity index (χ2n) is 7.89. The van der Waals surface area contributed by atoms with Gasteiger partial charge >= 0.3 is 0 Å². The third-order valence-corrected chi connectivity index (χ3v) is 6.41. The molecule has 8 heteroatoms. The number of anilines is 1. The molecule has 4 aromatic rings. The molecule has 1 N–H and O–H groups in total. The fourth-order valence-electron chi connectivity index (χ4n) is 4.41. The first-order chi connectivity index (χ1) is 16.9. The van der Waals surface area contributed by atoms with Gasteiger partial charge in [-0.3, -0.25) is 19.5 Å². The molecule has 1 aromatic heterocycles. The Balaban J connectivity index is 1.81. The maximum Gasteiger partial charge on any atom is 0.300 e. The molecule has 2 heterocycles. The van der Waals surface area contributed by atoms with E-state index in [0.29, 0.717) is 11.4 Å². The first-order valence-corrected chi connectivity index (χ1v) is 11.4. The fourth-order valence-corrected chi connectivity index (χ4v) is 4.98. The van der Waals surface area contributed by atoms with Crippen molar-refractivity contribution in [3.05, 3.63) is 106 Å². The fraction of sp³-hybridized carbons (Fsp3) is 0.0741. The highest BCUT2D eigenvalue weighted by atomic mass is 35.5. The molecule has 6 nitrogen and oxygen atoms in total. The zero-order chi connectivity index (χ0) is 24.7. The standard InChI is InChI=1S/C27H18Cl2N2O4/c1-35-26-18(13-16(28)14-19(26)29)24(32)22-23(20-10-4-5-12-30-20)31(27(34)25(22)33)21-11-6-8-15-7-2-3-9-17(15)21/h2-14,23,32H,1H3/b24-22+. The van der Waals surface area contributed by atoms with Crippen LogP contribution in [0.3, 0.4) is 0 Å². The normalized spacial score (nSPS) is 17.2. The number of ether oxygens (including phenoxy) is 1. The van der Waals surface area contributed by atoms with E-state index >= 15 is 0 Å². The molecule has 5 rings (SSSR count). The Morgan fingerprint density at radius 2 is 1.74 bits per heavy atom. The zero-order valence-electron chi connectivity index (χ0n) is 18.4. The lowest BCUT2D eigenvalue weighted by atomic mass is 9.97. The summed E-state index contributed by atoms with van der Waals surface area (Å²) >= 11 is 12.5. The highest BCUT2D eigenvalue weighted by Crippen LogP contribution is 2.45. The van der Waals surface area contributed by atoms with Crippen molar-refractivity contribution in [3.8, 4) is 5.75 Å². The zero-order valence-corrected chi connectivity index (χ0v) is 19.9. The van der Waals surface area contributed by atoms with Crippen molar-refractivity contribution in [3.63, 3.8) is 0 Å². The van der Waals surface area contributed by atoms with E-state index in [9.17, 15) is 14.7 Å². The Morgan fingerprint density at radius 3 is 2.49 bits per heavy atom. The molecule has 0 radical (unpaired) electrons. The van der Waals surface area contributed by atoms with Crippen LogP contribution in [0.2, 0.25) is 10.0 Å². The summed E-state index contributed by atoms with van der Waals surface area (Å²) in [5, 5.41) is 13.5. The number of rotatable bonds is 4. The largest absolute Gasteiger partial charge is 0.507 e. The molecular formula is C27H18Cl2N2O4. The number of carbonyl (C=O) groups is 2. The molecule has 1 saturated heterocycles. The van der Waals surface area contributed by atoms with E-state index in [-0.39, 0.29) is 26.9 Å². The van der Waals surface area contributed by atoms with Gasteiger partial charge in [-0.2, -0.15) is 0 Å². The molecule has 1 fully saturated rings. The summed E-state index contributed by atoms with van der Waals surface area (Å²) in [5.74, 6) is -1.97. The number of fused-ring (bicyclic) bond motifs is 1. The number of ketones is 1. The number of Topliss-reactive ketones (excluding diaryl/α,β-unsaturated/α-hetero) is 1. The SMILES string of the molecule is COc1c(Cl)cc(Cl)cc1/C(O)=C1\C(=O)C(=O)N(c2cccc3ccccc23)C1c1ccccn1. The predicted molar refractivity (Wildman–Crippen MR) is 136 cm³/mol. The van der Waals surface area contributed by atoms with E-state index in [1.165, 1.54) is 24.1 Å². The van der Waals surface area contributed by atoms with Crippen molar-refractivity contribution in [1.82, 2.24) is 4.98 Å². The maximum atomic E-state index is 13.5. The van der Waals surface area contributed by atoms with Gasteiger partial charge in [0.2, 0.25) is 0 Å². The van der Waals surface area contributed by atoms with Gasteiger partial charge < -0.3 is 9.84 Å². The van der Waals surface area contributed by atoms with Gasteiger partial charge in [-0.15, -0.1) is 0 Å². The number of methoxy groups -OCH3 is 1. The summed E-state index contributed by atoms with van der Waals surface area (Å²) in [4.78, 5) is 32.7. The molecule has 1 aliphatic heterocycles. The summed E-state index contributed by atoms with van der Waals surface area (Å²) in [6.07, 6.45) is 1.56. The van der Waals surface area contributed by atoms with Crippen LogP contribution in [0.4, 0.5) is 5.69 Å². The van der Waals surface area contributed by atoms with Crippen LogP contribution in [-0.4, -0.2) is 28.9 Å². The smallest absolute Gasteiger partial charge is 0.300 e. The Bertz CT molecular complexity index is 1510. The first-order valence-electron chi connectivity index (χ1n) is 10.7. The van der Waals surface area contributed by atoms with Gasteiger partial charge in [-0.1, -0.05) is 65.7 Å². The van der Waals surface area contributed by atoms with Gasteiger partial charge in [0.1, 0.15) is 17.6 Å². The summed E-state index contributed by atoms with van der Waals surface area (Å²) in [6.45, 7) is 0. The van der Waals surface area contributed by atoms with Crippen molar-refractivity contribution in [1.29, 1.82) is 0 Å². The van der Waals surface area contributed by atoms with E-state index in [2.05, 4.69) is 4.98 Å². The highest BCUT2D eigenvalue weighted by molar-refractivity contribution is 6.52. The number of hydrogen-bond donors (Lipinski definition) is 1. The second-order valence-corrected chi connectivity index (χ2v) is 8.73. The molecule has 3 aromatic carbocycles. The van der Waals surface area contributed by atoms with Gasteiger partial charge in [-0.05, 0) is 35.7 Å². The highest BCUT2D eigenvalue weighted by Gasteiger charge is 2.48. The summed E-state index contributed by atoms with van der Waals surface area (Å²) in [7, 11) is 1.39. The minimum Gasteiger partial charge on any atom is -0.507 e. The number of carbonyl (C=O) groups excluding carboxylic acids is 2. The number of aromatic nitrogens is 1. The summed E-state index contributed by atoms with van der Waals surface area (Å²) < 4.78 is 5.37. The van der Waals surface area contributed by atoms with E-state index in [1.807, 2.05) is 36.4 Å². The Morgan fingerprint density at radius 1 is 1.00 bits per heavy atom. The van der Waals surface area contributed by atoms with Crippen molar-refractivity contribution in [2.24, 2.45) is 0 Å². The monoisotopic (exact) mass is 504 g/mol. The maximum absolute atomic E-state index is 13.5. The molecule has 1 atom stereocenters. The number of hydrogen-bond acceptors (Lipinski definition) is 5. The topological polar surface area (TPSA) is 79.7 Å². The van der Waals surface area contributed by atoms with E-state index in [1.54, 1.807) is 30.5 Å². The van der Waals surface area contributed by atoms with Crippen LogP contribution in [0.5, 0.6) is 5.75 Å². The molecule has 1 amide bonds. The number of benzene rings is 3. The second kappa shape index (κ2) is 9.06. The Labute approximate surface area is 211 Å². The van der Waals surface area contributed by atoms with Crippen LogP contribution >= 0.6 is 23.2 Å². The van der Waals surface area contributed by atoms with E-state index in [4.69, 9.17) is 27.9 Å². The van der Waals surface area contributed by atoms with Crippen molar-refractivity contribution >= 4 is 57.1 Å². The van der Waals surface area contributed by atoms with Crippen LogP contribution in [0.15, 0.2) is 84.6 Å².